The Morgan fingerprint density at radius 2 is 0.884 bits per heavy atom. The van der Waals surface area contributed by atoms with Crippen LogP contribution in [0.15, 0.2) is 158 Å². The van der Waals surface area contributed by atoms with Crippen LogP contribution in [-0.2, 0) is 0 Å². The van der Waals surface area contributed by atoms with Crippen molar-refractivity contribution in [2.45, 2.75) is 0 Å². The molecule has 202 valence electrons. The van der Waals surface area contributed by atoms with E-state index in [1.165, 1.54) is 10.9 Å². The summed E-state index contributed by atoms with van der Waals surface area (Å²) in [5.41, 5.74) is 8.51. The normalized spacial score (nSPS) is 11.3. The zero-order chi connectivity index (χ0) is 28.6. The lowest BCUT2D eigenvalue weighted by molar-refractivity contribution is 1.07. The van der Waals surface area contributed by atoms with Gasteiger partial charge in [-0.15, -0.1) is 0 Å². The zero-order valence-corrected chi connectivity index (χ0v) is 23.3. The van der Waals surface area contributed by atoms with Crippen LogP contribution in [0, 0.1) is 0 Å². The highest BCUT2D eigenvalue weighted by atomic mass is 15.0. The molecular weight excluding hydrogens is 524 g/mol. The Morgan fingerprint density at radius 3 is 1.63 bits per heavy atom. The highest BCUT2D eigenvalue weighted by Gasteiger charge is 2.17. The van der Waals surface area contributed by atoms with Crippen molar-refractivity contribution >= 4 is 21.8 Å². The molecule has 0 radical (unpaired) electrons. The Morgan fingerprint density at radius 1 is 0.349 bits per heavy atom. The Bertz CT molecular complexity index is 2220. The fraction of sp³-hybridized carbons (Fsp3) is 0. The van der Waals surface area contributed by atoms with E-state index in [0.29, 0.717) is 17.5 Å². The van der Waals surface area contributed by atoms with Crippen molar-refractivity contribution < 1.29 is 0 Å². The molecule has 0 unspecified atom stereocenters. The summed E-state index contributed by atoms with van der Waals surface area (Å²) in [6.07, 6.45) is 0. The lowest BCUT2D eigenvalue weighted by Gasteiger charge is -2.12. The topological polar surface area (TPSA) is 43.6 Å². The minimum atomic E-state index is 0.644. The highest BCUT2D eigenvalue weighted by Crippen LogP contribution is 2.36. The van der Waals surface area contributed by atoms with Crippen LogP contribution in [0.3, 0.4) is 0 Å². The molecule has 4 heteroatoms. The van der Waals surface area contributed by atoms with E-state index < -0.39 is 0 Å². The quantitative estimate of drug-likeness (QED) is 0.214. The van der Waals surface area contributed by atoms with Crippen LogP contribution >= 0.6 is 0 Å². The van der Waals surface area contributed by atoms with Crippen molar-refractivity contribution in [3.8, 4) is 51.0 Å². The summed E-state index contributed by atoms with van der Waals surface area (Å²) in [6, 6.07) is 54.4. The summed E-state index contributed by atoms with van der Waals surface area (Å²) in [4.78, 5) is 15.1. The molecule has 0 aliphatic heterocycles. The molecule has 2 aromatic heterocycles. The van der Waals surface area contributed by atoms with Gasteiger partial charge in [0.1, 0.15) is 0 Å². The summed E-state index contributed by atoms with van der Waals surface area (Å²) >= 11 is 0. The van der Waals surface area contributed by atoms with Gasteiger partial charge < -0.3 is 4.57 Å². The van der Waals surface area contributed by atoms with Crippen LogP contribution in [-0.4, -0.2) is 19.5 Å². The third-order valence-electron chi connectivity index (χ3n) is 7.87. The summed E-state index contributed by atoms with van der Waals surface area (Å²) in [5, 5.41) is 2.35. The minimum absolute atomic E-state index is 0.644. The number of rotatable bonds is 5. The van der Waals surface area contributed by atoms with E-state index in [4.69, 9.17) is 15.0 Å². The van der Waals surface area contributed by atoms with Crippen LogP contribution in [0.4, 0.5) is 0 Å². The lowest BCUT2D eigenvalue weighted by Crippen LogP contribution is -2.01. The van der Waals surface area contributed by atoms with Crippen LogP contribution in [0.2, 0.25) is 0 Å². The number of nitrogens with zero attached hydrogens (tertiary/aromatic N) is 4. The summed E-state index contributed by atoms with van der Waals surface area (Å²) in [5.74, 6) is 1.94. The second kappa shape index (κ2) is 10.5. The molecule has 0 saturated heterocycles. The molecule has 0 bridgehead atoms. The van der Waals surface area contributed by atoms with Gasteiger partial charge in [0.2, 0.25) is 0 Å². The molecule has 2 heterocycles. The van der Waals surface area contributed by atoms with Gasteiger partial charge in [0, 0.05) is 33.2 Å². The average molecular weight is 551 g/mol. The second-order valence-electron chi connectivity index (χ2n) is 10.5. The predicted molar refractivity (Wildman–Crippen MR) is 176 cm³/mol. The number of para-hydroxylation sites is 2. The lowest BCUT2D eigenvalue weighted by atomic mass is 9.99. The van der Waals surface area contributed by atoms with E-state index in [1.807, 2.05) is 48.5 Å². The van der Waals surface area contributed by atoms with Gasteiger partial charge in [-0.3, -0.25) is 0 Å². The standard InChI is InChI=1S/C39H26N4/c1-4-14-27(15-5-1)31-20-10-11-22-33(31)39-41-37(28-16-6-2-7-17-28)40-38(42-39)29-24-25-36-34(26-29)32-21-12-13-23-35(32)43(36)30-18-8-3-9-19-30/h1-26H. The molecular formula is C39H26N4. The highest BCUT2D eigenvalue weighted by molar-refractivity contribution is 6.10. The smallest absolute Gasteiger partial charge is 0.164 e. The summed E-state index contributed by atoms with van der Waals surface area (Å²) < 4.78 is 2.32. The maximum atomic E-state index is 5.11. The number of aromatic nitrogens is 4. The van der Waals surface area contributed by atoms with Gasteiger partial charge in [-0.05, 0) is 47.5 Å². The fourth-order valence-electron chi connectivity index (χ4n) is 5.86. The monoisotopic (exact) mass is 550 g/mol. The summed E-state index contributed by atoms with van der Waals surface area (Å²) in [7, 11) is 0. The molecule has 0 saturated carbocycles. The zero-order valence-electron chi connectivity index (χ0n) is 23.3. The van der Waals surface area contributed by atoms with Crippen molar-refractivity contribution in [2.75, 3.05) is 0 Å². The molecule has 8 rings (SSSR count). The van der Waals surface area contributed by atoms with E-state index in [9.17, 15) is 0 Å². The van der Waals surface area contributed by atoms with Crippen molar-refractivity contribution in [1.82, 2.24) is 19.5 Å². The summed E-state index contributed by atoms with van der Waals surface area (Å²) in [6.45, 7) is 0. The Kier molecular flexibility index (Phi) is 6.08. The Balaban J connectivity index is 1.36. The van der Waals surface area contributed by atoms with Gasteiger partial charge in [0.05, 0.1) is 11.0 Å². The van der Waals surface area contributed by atoms with E-state index in [0.717, 1.165) is 44.4 Å². The van der Waals surface area contributed by atoms with Crippen LogP contribution < -0.4 is 0 Å². The number of hydrogen-bond acceptors (Lipinski definition) is 3. The molecule has 43 heavy (non-hydrogen) atoms. The molecule has 0 fully saturated rings. The van der Waals surface area contributed by atoms with Gasteiger partial charge in [0.15, 0.2) is 17.5 Å². The molecule has 8 aromatic rings. The molecule has 4 nitrogen and oxygen atoms in total. The average Bonchev–Trinajstić information content (AvgIpc) is 3.43. The minimum Gasteiger partial charge on any atom is -0.309 e. The van der Waals surface area contributed by atoms with Crippen LogP contribution in [0.25, 0.3) is 72.8 Å². The van der Waals surface area contributed by atoms with E-state index in [-0.39, 0.29) is 0 Å². The van der Waals surface area contributed by atoms with Crippen LogP contribution in [0.5, 0.6) is 0 Å². The predicted octanol–water partition coefficient (Wildman–Crippen LogP) is 9.64. The van der Waals surface area contributed by atoms with E-state index >= 15 is 0 Å². The third kappa shape index (κ3) is 4.46. The SMILES string of the molecule is c1ccc(-c2nc(-c3ccc4c(c3)c3ccccc3n4-c3ccccc3)nc(-c3ccccc3-c3ccccc3)n2)cc1. The van der Waals surface area contributed by atoms with Gasteiger partial charge in [-0.1, -0.05) is 121 Å². The van der Waals surface area contributed by atoms with Crippen molar-refractivity contribution in [3.63, 3.8) is 0 Å². The molecule has 0 aliphatic rings. The van der Waals surface area contributed by atoms with Gasteiger partial charge in [0.25, 0.3) is 0 Å². The van der Waals surface area contributed by atoms with Crippen molar-refractivity contribution in [2.24, 2.45) is 0 Å². The Hall–Kier alpha value is -5.87. The van der Waals surface area contributed by atoms with E-state index in [1.54, 1.807) is 0 Å². The Labute approximate surface area is 249 Å². The molecule has 0 N–H and O–H groups in total. The maximum Gasteiger partial charge on any atom is 0.164 e. The maximum absolute atomic E-state index is 5.11. The first-order chi connectivity index (χ1) is 21.3. The van der Waals surface area contributed by atoms with Crippen molar-refractivity contribution in [3.05, 3.63) is 158 Å². The number of fused-ring (bicyclic) bond motifs is 3. The molecule has 0 amide bonds. The fourth-order valence-corrected chi connectivity index (χ4v) is 5.86. The van der Waals surface area contributed by atoms with Gasteiger partial charge >= 0.3 is 0 Å². The molecule has 0 spiro atoms. The molecule has 6 aromatic carbocycles. The van der Waals surface area contributed by atoms with Gasteiger partial charge in [-0.2, -0.15) is 0 Å². The van der Waals surface area contributed by atoms with Gasteiger partial charge in [-0.25, -0.2) is 15.0 Å². The first-order valence-electron chi connectivity index (χ1n) is 14.4. The third-order valence-corrected chi connectivity index (χ3v) is 7.87. The largest absolute Gasteiger partial charge is 0.309 e. The first kappa shape index (κ1) is 24.9. The first-order valence-corrected chi connectivity index (χ1v) is 14.4. The van der Waals surface area contributed by atoms with Crippen LogP contribution in [0.1, 0.15) is 0 Å². The van der Waals surface area contributed by atoms with E-state index in [2.05, 4.69) is 114 Å². The van der Waals surface area contributed by atoms with Crippen molar-refractivity contribution in [1.29, 1.82) is 0 Å². The molecule has 0 aliphatic carbocycles. The molecule has 0 atom stereocenters. The second-order valence-corrected chi connectivity index (χ2v) is 10.5. The number of benzene rings is 6. The number of hydrogen-bond donors (Lipinski definition) is 0.